The standard InChI is InChI=1S/C25H27N5O3/c1-16-11-20(18-3-4-18)14-27-23(16)28-7-9-29(10-8-28)24(31)22-6-5-21(12-19(22)13-26)30-15-17(2)33-25(30)32/h5-6,11-12,14,17-18H,3-4,7-10,15H2,1-2H3. The molecule has 1 aromatic carbocycles. The van der Waals surface area contributed by atoms with E-state index in [1.807, 2.05) is 13.1 Å². The van der Waals surface area contributed by atoms with Crippen LogP contribution in [0.4, 0.5) is 16.3 Å². The van der Waals surface area contributed by atoms with Gasteiger partial charge in [0.2, 0.25) is 0 Å². The number of nitriles is 1. The molecule has 5 rings (SSSR count). The number of aromatic nitrogens is 1. The molecule has 1 aromatic heterocycles. The molecule has 0 radical (unpaired) electrons. The summed E-state index contributed by atoms with van der Waals surface area (Å²) < 4.78 is 5.17. The lowest BCUT2D eigenvalue weighted by molar-refractivity contribution is 0.0746. The lowest BCUT2D eigenvalue weighted by atomic mass is 10.0. The molecule has 1 aliphatic carbocycles. The summed E-state index contributed by atoms with van der Waals surface area (Å²) in [5.74, 6) is 1.50. The predicted octanol–water partition coefficient (Wildman–Crippen LogP) is 3.45. The number of ether oxygens (including phenoxy) is 1. The molecule has 2 saturated heterocycles. The molecule has 1 atom stereocenters. The van der Waals surface area contributed by atoms with Crippen LogP contribution in [0.3, 0.4) is 0 Å². The third kappa shape index (κ3) is 4.11. The van der Waals surface area contributed by atoms with E-state index in [0.29, 0.717) is 49.9 Å². The third-order valence-electron chi connectivity index (χ3n) is 6.61. The Labute approximate surface area is 193 Å². The molecular formula is C25H27N5O3. The Morgan fingerprint density at radius 1 is 1.18 bits per heavy atom. The number of rotatable bonds is 4. The van der Waals surface area contributed by atoms with Crippen molar-refractivity contribution in [3.05, 3.63) is 52.7 Å². The summed E-state index contributed by atoms with van der Waals surface area (Å²) in [4.78, 5) is 35.4. The molecule has 2 amide bonds. The second kappa shape index (κ2) is 8.39. The number of amides is 2. The first-order valence-corrected chi connectivity index (χ1v) is 11.5. The molecule has 170 valence electrons. The zero-order chi connectivity index (χ0) is 23.1. The molecule has 8 heteroatoms. The van der Waals surface area contributed by atoms with E-state index in [1.165, 1.54) is 28.9 Å². The Kier molecular flexibility index (Phi) is 5.41. The van der Waals surface area contributed by atoms with Gasteiger partial charge in [0.05, 0.1) is 17.7 Å². The van der Waals surface area contributed by atoms with Crippen LogP contribution < -0.4 is 9.80 Å². The summed E-state index contributed by atoms with van der Waals surface area (Å²) in [7, 11) is 0. The molecule has 0 spiro atoms. The first kappa shape index (κ1) is 21.3. The molecule has 3 heterocycles. The van der Waals surface area contributed by atoms with Crippen molar-refractivity contribution >= 4 is 23.5 Å². The fraction of sp³-hybridized carbons (Fsp3) is 0.440. The van der Waals surface area contributed by atoms with E-state index in [-0.39, 0.29) is 17.6 Å². The van der Waals surface area contributed by atoms with Gasteiger partial charge in [0, 0.05) is 38.1 Å². The number of hydrogen-bond acceptors (Lipinski definition) is 6. The summed E-state index contributed by atoms with van der Waals surface area (Å²) in [5.41, 5.74) is 3.70. The topological polar surface area (TPSA) is 89.8 Å². The number of piperazine rings is 1. The number of carbonyl (C=O) groups is 2. The van der Waals surface area contributed by atoms with Crippen LogP contribution >= 0.6 is 0 Å². The lowest BCUT2D eigenvalue weighted by Gasteiger charge is -2.36. The molecule has 33 heavy (non-hydrogen) atoms. The van der Waals surface area contributed by atoms with Crippen LogP contribution in [-0.4, -0.2) is 60.7 Å². The van der Waals surface area contributed by atoms with E-state index in [9.17, 15) is 14.9 Å². The van der Waals surface area contributed by atoms with Crippen molar-refractivity contribution in [1.29, 1.82) is 5.26 Å². The first-order chi connectivity index (χ1) is 15.9. The van der Waals surface area contributed by atoms with Gasteiger partial charge in [0.15, 0.2) is 0 Å². The summed E-state index contributed by atoms with van der Waals surface area (Å²) in [6.07, 6.45) is 3.87. The SMILES string of the molecule is Cc1cc(C2CC2)cnc1N1CCN(C(=O)c2ccc(N3CC(C)OC3=O)cc2C#N)CC1. The molecular weight excluding hydrogens is 418 g/mol. The van der Waals surface area contributed by atoms with E-state index < -0.39 is 6.09 Å². The van der Waals surface area contributed by atoms with Crippen molar-refractivity contribution in [2.24, 2.45) is 0 Å². The fourth-order valence-corrected chi connectivity index (χ4v) is 4.65. The molecule has 1 saturated carbocycles. The molecule has 0 bridgehead atoms. The number of nitrogens with zero attached hydrogens (tertiary/aromatic N) is 5. The van der Waals surface area contributed by atoms with Gasteiger partial charge in [-0.05, 0) is 61.9 Å². The Morgan fingerprint density at radius 2 is 1.94 bits per heavy atom. The van der Waals surface area contributed by atoms with Gasteiger partial charge < -0.3 is 14.5 Å². The van der Waals surface area contributed by atoms with Gasteiger partial charge in [-0.2, -0.15) is 5.26 Å². The smallest absolute Gasteiger partial charge is 0.414 e. The number of hydrogen-bond donors (Lipinski definition) is 0. The average molecular weight is 446 g/mol. The van der Waals surface area contributed by atoms with Crippen molar-refractivity contribution in [3.8, 4) is 6.07 Å². The van der Waals surface area contributed by atoms with Crippen LogP contribution in [0, 0.1) is 18.3 Å². The minimum atomic E-state index is -0.435. The highest BCUT2D eigenvalue weighted by atomic mass is 16.6. The van der Waals surface area contributed by atoms with E-state index in [1.54, 1.807) is 23.1 Å². The highest BCUT2D eigenvalue weighted by Crippen LogP contribution is 2.40. The highest BCUT2D eigenvalue weighted by Gasteiger charge is 2.31. The molecule has 0 N–H and O–H groups in total. The minimum absolute atomic E-state index is 0.163. The van der Waals surface area contributed by atoms with Gasteiger partial charge in [0.25, 0.3) is 5.91 Å². The molecule has 2 aliphatic heterocycles. The van der Waals surface area contributed by atoms with E-state index in [4.69, 9.17) is 9.72 Å². The third-order valence-corrected chi connectivity index (χ3v) is 6.61. The summed E-state index contributed by atoms with van der Waals surface area (Å²) >= 11 is 0. The van der Waals surface area contributed by atoms with Gasteiger partial charge in [-0.1, -0.05) is 6.07 Å². The van der Waals surface area contributed by atoms with Gasteiger partial charge in [0.1, 0.15) is 18.0 Å². The second-order valence-electron chi connectivity index (χ2n) is 9.11. The maximum Gasteiger partial charge on any atom is 0.414 e. The number of anilines is 2. The van der Waals surface area contributed by atoms with Crippen LogP contribution in [0.1, 0.15) is 52.7 Å². The Balaban J connectivity index is 1.27. The quantitative estimate of drug-likeness (QED) is 0.716. The highest BCUT2D eigenvalue weighted by molar-refractivity contribution is 5.98. The summed E-state index contributed by atoms with van der Waals surface area (Å²) in [6.45, 7) is 6.86. The lowest BCUT2D eigenvalue weighted by Crippen LogP contribution is -2.49. The van der Waals surface area contributed by atoms with Gasteiger partial charge >= 0.3 is 6.09 Å². The van der Waals surface area contributed by atoms with Crippen molar-refractivity contribution in [3.63, 3.8) is 0 Å². The van der Waals surface area contributed by atoms with Crippen LogP contribution in [0.5, 0.6) is 0 Å². The molecule has 8 nitrogen and oxygen atoms in total. The zero-order valence-electron chi connectivity index (χ0n) is 19.0. The summed E-state index contributed by atoms with van der Waals surface area (Å²) in [6, 6.07) is 9.31. The van der Waals surface area contributed by atoms with Gasteiger partial charge in [-0.25, -0.2) is 9.78 Å². The van der Waals surface area contributed by atoms with E-state index in [2.05, 4.69) is 24.0 Å². The van der Waals surface area contributed by atoms with E-state index in [0.717, 1.165) is 5.82 Å². The molecule has 1 unspecified atom stereocenters. The van der Waals surface area contributed by atoms with Crippen molar-refractivity contribution in [1.82, 2.24) is 9.88 Å². The maximum absolute atomic E-state index is 13.2. The molecule has 3 fully saturated rings. The first-order valence-electron chi connectivity index (χ1n) is 11.5. The zero-order valence-corrected chi connectivity index (χ0v) is 19.0. The Hall–Kier alpha value is -3.60. The number of benzene rings is 1. The number of pyridine rings is 1. The van der Waals surface area contributed by atoms with Crippen LogP contribution in [0.15, 0.2) is 30.5 Å². The molecule has 2 aromatic rings. The average Bonchev–Trinajstić information content (AvgIpc) is 3.62. The largest absolute Gasteiger partial charge is 0.444 e. The monoisotopic (exact) mass is 445 g/mol. The maximum atomic E-state index is 13.2. The molecule has 3 aliphatic rings. The summed E-state index contributed by atoms with van der Waals surface area (Å²) in [5, 5.41) is 9.67. The van der Waals surface area contributed by atoms with Gasteiger partial charge in [-0.15, -0.1) is 0 Å². The normalized spacial score (nSPS) is 20.6. The Bertz CT molecular complexity index is 1150. The number of carbonyl (C=O) groups excluding carboxylic acids is 2. The number of aryl methyl sites for hydroxylation is 1. The fourth-order valence-electron chi connectivity index (χ4n) is 4.65. The van der Waals surface area contributed by atoms with Crippen LogP contribution in [0.2, 0.25) is 0 Å². The van der Waals surface area contributed by atoms with Crippen molar-refractivity contribution < 1.29 is 14.3 Å². The van der Waals surface area contributed by atoms with Crippen LogP contribution in [0.25, 0.3) is 0 Å². The van der Waals surface area contributed by atoms with Crippen molar-refractivity contribution in [2.45, 2.75) is 38.7 Å². The Morgan fingerprint density at radius 3 is 2.55 bits per heavy atom. The van der Waals surface area contributed by atoms with Crippen LogP contribution in [-0.2, 0) is 4.74 Å². The predicted molar refractivity (Wildman–Crippen MR) is 124 cm³/mol. The number of cyclic esters (lactones) is 1. The van der Waals surface area contributed by atoms with Crippen molar-refractivity contribution in [2.75, 3.05) is 42.5 Å². The second-order valence-corrected chi connectivity index (χ2v) is 9.11. The minimum Gasteiger partial charge on any atom is -0.444 e. The van der Waals surface area contributed by atoms with E-state index >= 15 is 0 Å². The van der Waals surface area contributed by atoms with Gasteiger partial charge in [-0.3, -0.25) is 9.69 Å².